The quantitative estimate of drug-likeness (QED) is 0.0412. The highest BCUT2D eigenvalue weighted by Gasteiger charge is 2.31. The minimum atomic E-state index is -1.63. The maximum Gasteiger partial charge on any atom is 0.326 e. The second kappa shape index (κ2) is 17.7. The molecule has 0 saturated carbocycles. The van der Waals surface area contributed by atoms with Crippen LogP contribution in [0.25, 0.3) is 10.9 Å². The van der Waals surface area contributed by atoms with Gasteiger partial charge in [0, 0.05) is 36.6 Å². The summed E-state index contributed by atoms with van der Waals surface area (Å²) in [6.07, 6.45) is 1.86. The summed E-state index contributed by atoms with van der Waals surface area (Å²) in [5.74, 6) is -4.98. The summed E-state index contributed by atoms with van der Waals surface area (Å²) in [5, 5.41) is 17.7. The highest BCUT2D eigenvalue weighted by Crippen LogP contribution is 2.19. The number of nitrogens with two attached hydrogens (primary N) is 6. The van der Waals surface area contributed by atoms with E-state index >= 15 is 0 Å². The van der Waals surface area contributed by atoms with E-state index in [9.17, 15) is 29.1 Å². The van der Waals surface area contributed by atoms with Crippen molar-refractivity contribution in [2.45, 2.75) is 62.7 Å². The molecule has 1 heterocycles. The minimum absolute atomic E-state index is 0.0179. The Kier molecular flexibility index (Phi) is 14.1. The molecule has 0 radical (unpaired) electrons. The Morgan fingerprint density at radius 1 is 0.778 bits per heavy atom. The summed E-state index contributed by atoms with van der Waals surface area (Å²) in [6.45, 7) is 0.363. The van der Waals surface area contributed by atoms with E-state index in [1.54, 1.807) is 6.20 Å². The number of primary amides is 1. The van der Waals surface area contributed by atoms with Gasteiger partial charge < -0.3 is 60.4 Å². The molecule has 0 aliphatic rings. The first-order chi connectivity index (χ1) is 21.3. The Labute approximate surface area is 258 Å². The number of aliphatic carboxylic acids is 1. The number of nitrogens with zero attached hydrogens (tertiary/aromatic N) is 2. The van der Waals surface area contributed by atoms with Crippen LogP contribution < -0.4 is 50.4 Å². The fraction of sp³-hybridized carbons (Fsp3) is 0.444. The number of rotatable bonds is 19. The standard InChI is InChI=1S/C27H42N12O6/c28-16(6-3-9-34-26(30)31)22(41)38-19(11-14-13-36-17-7-2-1-5-15(14)17)24(43)37-18(8-4-10-35-27(32)33)23(42)39-20(25(44)45)12-21(29)40/h1-2,5,7,13,16,18-20,36H,3-4,6,8-12,28H2,(H2,29,40)(H,37,43)(H,38,41)(H,39,42)(H,44,45)(H4,30,31,34)(H4,32,33,35). The molecule has 1 aromatic heterocycles. The van der Waals surface area contributed by atoms with Crippen LogP contribution in [0.2, 0.25) is 0 Å². The number of fused-ring (bicyclic) bond motifs is 1. The van der Waals surface area contributed by atoms with Crippen LogP contribution in [0.5, 0.6) is 0 Å². The van der Waals surface area contributed by atoms with Gasteiger partial charge in [0.1, 0.15) is 18.1 Å². The number of amides is 4. The fourth-order valence-electron chi connectivity index (χ4n) is 4.38. The predicted octanol–water partition coefficient (Wildman–Crippen LogP) is -3.44. The number of carbonyl (C=O) groups is 5. The van der Waals surface area contributed by atoms with Crippen molar-refractivity contribution in [2.24, 2.45) is 44.4 Å². The Hall–Kier alpha value is -5.39. The number of guanidine groups is 2. The zero-order chi connectivity index (χ0) is 33.5. The number of hydrogen-bond acceptors (Lipinski definition) is 8. The third-order valence-corrected chi connectivity index (χ3v) is 6.63. The van der Waals surface area contributed by atoms with E-state index in [1.165, 1.54) is 0 Å². The van der Waals surface area contributed by atoms with Gasteiger partial charge in [0.2, 0.25) is 23.6 Å². The number of hydrogen-bond donors (Lipinski definition) is 11. The average molecular weight is 631 g/mol. The SMILES string of the molecule is NC(=O)CC(NC(=O)C(CCCN=C(N)N)NC(=O)C(Cc1c[nH]c2ccccc12)NC(=O)C(N)CCCN=C(N)N)C(=O)O. The monoisotopic (exact) mass is 630 g/mol. The number of aromatic amines is 1. The van der Waals surface area contributed by atoms with E-state index in [1.807, 2.05) is 24.3 Å². The van der Waals surface area contributed by atoms with E-state index in [0.29, 0.717) is 12.0 Å². The summed E-state index contributed by atoms with van der Waals surface area (Å²) >= 11 is 0. The summed E-state index contributed by atoms with van der Waals surface area (Å²) < 4.78 is 0. The molecule has 4 atom stereocenters. The number of aromatic nitrogens is 1. The maximum atomic E-state index is 13.7. The summed E-state index contributed by atoms with van der Waals surface area (Å²) in [5.41, 5.74) is 34.1. The van der Waals surface area contributed by atoms with Gasteiger partial charge in [-0.15, -0.1) is 0 Å². The third-order valence-electron chi connectivity index (χ3n) is 6.63. The van der Waals surface area contributed by atoms with Crippen LogP contribution in [-0.4, -0.2) is 88.9 Å². The molecule has 2 aromatic rings. The summed E-state index contributed by atoms with van der Waals surface area (Å²) in [4.78, 5) is 73.7. The van der Waals surface area contributed by atoms with Crippen LogP contribution >= 0.6 is 0 Å². The van der Waals surface area contributed by atoms with Gasteiger partial charge in [-0.05, 0) is 37.3 Å². The number of carboxylic acid groups (broad SMARTS) is 1. The number of aliphatic imine (C=N–C) groups is 2. The van der Waals surface area contributed by atoms with E-state index in [2.05, 4.69) is 30.9 Å². The molecule has 4 unspecified atom stereocenters. The molecule has 17 N–H and O–H groups in total. The zero-order valence-corrected chi connectivity index (χ0v) is 24.7. The van der Waals surface area contributed by atoms with Crippen molar-refractivity contribution in [3.05, 3.63) is 36.0 Å². The first-order valence-corrected chi connectivity index (χ1v) is 14.1. The molecule has 0 aliphatic carbocycles. The molecular formula is C27H42N12O6. The van der Waals surface area contributed by atoms with Crippen molar-refractivity contribution < 1.29 is 29.1 Å². The molecule has 246 valence electrons. The van der Waals surface area contributed by atoms with Gasteiger partial charge in [-0.2, -0.15) is 0 Å². The first-order valence-electron chi connectivity index (χ1n) is 14.1. The van der Waals surface area contributed by atoms with Gasteiger partial charge in [0.15, 0.2) is 11.9 Å². The predicted molar refractivity (Wildman–Crippen MR) is 167 cm³/mol. The topological polar surface area (TPSA) is 338 Å². The lowest BCUT2D eigenvalue weighted by molar-refractivity contribution is -0.143. The van der Waals surface area contributed by atoms with Gasteiger partial charge in [-0.1, -0.05) is 18.2 Å². The number of carbonyl (C=O) groups excluding carboxylic acids is 4. The second-order valence-corrected chi connectivity index (χ2v) is 10.3. The Bertz CT molecular complexity index is 1400. The number of benzene rings is 1. The zero-order valence-electron chi connectivity index (χ0n) is 24.7. The second-order valence-electron chi connectivity index (χ2n) is 10.3. The lowest BCUT2D eigenvalue weighted by atomic mass is 10.0. The van der Waals surface area contributed by atoms with Crippen molar-refractivity contribution in [2.75, 3.05) is 13.1 Å². The molecule has 0 aliphatic heterocycles. The van der Waals surface area contributed by atoms with Crippen LogP contribution in [0.3, 0.4) is 0 Å². The van der Waals surface area contributed by atoms with Crippen LogP contribution in [0.1, 0.15) is 37.7 Å². The largest absolute Gasteiger partial charge is 0.480 e. The molecule has 4 amide bonds. The number of nitrogens with one attached hydrogen (secondary N) is 4. The molecule has 45 heavy (non-hydrogen) atoms. The number of H-pyrrole nitrogens is 1. The lowest BCUT2D eigenvalue weighted by Gasteiger charge is -2.25. The van der Waals surface area contributed by atoms with E-state index in [-0.39, 0.29) is 50.7 Å². The number of para-hydroxylation sites is 1. The molecule has 1 aromatic carbocycles. The van der Waals surface area contributed by atoms with Crippen LogP contribution in [0.4, 0.5) is 0 Å². The Morgan fingerprint density at radius 2 is 1.33 bits per heavy atom. The molecule has 18 heteroatoms. The van der Waals surface area contributed by atoms with Gasteiger partial charge in [-0.3, -0.25) is 29.2 Å². The first kappa shape index (κ1) is 35.8. The smallest absolute Gasteiger partial charge is 0.326 e. The van der Waals surface area contributed by atoms with Crippen molar-refractivity contribution >= 4 is 52.4 Å². The highest BCUT2D eigenvalue weighted by atomic mass is 16.4. The van der Waals surface area contributed by atoms with Gasteiger partial charge in [0.05, 0.1) is 12.5 Å². The molecular weight excluding hydrogens is 588 g/mol. The number of carboxylic acids is 1. The third kappa shape index (κ3) is 12.4. The van der Waals surface area contributed by atoms with Gasteiger partial charge in [-0.25, -0.2) is 4.79 Å². The molecule has 18 nitrogen and oxygen atoms in total. The molecule has 2 rings (SSSR count). The molecule has 0 saturated heterocycles. The fourth-order valence-corrected chi connectivity index (χ4v) is 4.38. The summed E-state index contributed by atoms with van der Waals surface area (Å²) in [7, 11) is 0. The van der Waals surface area contributed by atoms with E-state index in [0.717, 1.165) is 10.9 Å². The molecule has 0 bridgehead atoms. The molecule has 0 spiro atoms. The van der Waals surface area contributed by atoms with Crippen LogP contribution in [0.15, 0.2) is 40.4 Å². The van der Waals surface area contributed by atoms with Crippen LogP contribution in [0, 0.1) is 0 Å². The maximum absolute atomic E-state index is 13.7. The van der Waals surface area contributed by atoms with Crippen LogP contribution in [-0.2, 0) is 30.4 Å². The Morgan fingerprint density at radius 3 is 1.93 bits per heavy atom. The van der Waals surface area contributed by atoms with Gasteiger partial charge in [0.25, 0.3) is 0 Å². The molecule has 0 fully saturated rings. The van der Waals surface area contributed by atoms with Gasteiger partial charge >= 0.3 is 5.97 Å². The average Bonchev–Trinajstić information content (AvgIpc) is 3.37. The Balaban J connectivity index is 2.30. The van der Waals surface area contributed by atoms with Crippen molar-refractivity contribution in [3.63, 3.8) is 0 Å². The lowest BCUT2D eigenvalue weighted by Crippen LogP contribution is -2.57. The highest BCUT2D eigenvalue weighted by molar-refractivity contribution is 5.95. The van der Waals surface area contributed by atoms with Crippen molar-refractivity contribution in [1.29, 1.82) is 0 Å². The van der Waals surface area contributed by atoms with Crippen molar-refractivity contribution in [1.82, 2.24) is 20.9 Å². The van der Waals surface area contributed by atoms with Crippen molar-refractivity contribution in [3.8, 4) is 0 Å². The summed E-state index contributed by atoms with van der Waals surface area (Å²) in [6, 6.07) is 2.23. The minimum Gasteiger partial charge on any atom is -0.480 e. The normalized spacial score (nSPS) is 13.4. The van der Waals surface area contributed by atoms with E-state index < -0.39 is 60.2 Å². The van der Waals surface area contributed by atoms with E-state index in [4.69, 9.17) is 34.4 Å².